The van der Waals surface area contributed by atoms with Gasteiger partial charge in [-0.1, -0.05) is 24.3 Å². The highest BCUT2D eigenvalue weighted by molar-refractivity contribution is 6.04. The molecule has 1 heterocycles. The number of fused-ring (bicyclic) bond motifs is 1. The number of benzene rings is 3. The number of likely N-dealkylation sites (N-methyl/N-ethyl adjacent to an activating group) is 1. The molecule has 0 bridgehead atoms. The van der Waals surface area contributed by atoms with Gasteiger partial charge in [0.15, 0.2) is 6.61 Å². The molecule has 1 aliphatic rings. The summed E-state index contributed by atoms with van der Waals surface area (Å²) in [7, 11) is 3.37. The van der Waals surface area contributed by atoms with Crippen LogP contribution in [-0.2, 0) is 17.8 Å². The third kappa shape index (κ3) is 5.09. The van der Waals surface area contributed by atoms with Gasteiger partial charge in [-0.25, -0.2) is 0 Å². The van der Waals surface area contributed by atoms with Crippen LogP contribution in [0.2, 0.25) is 0 Å². The van der Waals surface area contributed by atoms with E-state index in [1.807, 2.05) is 24.3 Å². The number of carbonyl (C=O) groups is 2. The lowest BCUT2D eigenvalue weighted by molar-refractivity contribution is -0.130. The first kappa shape index (κ1) is 21.4. The molecule has 0 atom stereocenters. The second-order valence-corrected chi connectivity index (χ2v) is 8.04. The molecule has 4 rings (SSSR count). The van der Waals surface area contributed by atoms with Crippen LogP contribution in [0.5, 0.6) is 5.75 Å². The SMILES string of the molecule is CN(C)C(=O)COc1ccc(NC(=O)c2ccc(N3CCc4ccccc4C3)cc2)cc1. The van der Waals surface area contributed by atoms with E-state index in [0.29, 0.717) is 17.0 Å². The van der Waals surface area contributed by atoms with Crippen molar-refractivity contribution in [2.45, 2.75) is 13.0 Å². The Labute approximate surface area is 188 Å². The van der Waals surface area contributed by atoms with Crippen molar-refractivity contribution in [3.8, 4) is 5.75 Å². The monoisotopic (exact) mass is 429 g/mol. The molecular weight excluding hydrogens is 402 g/mol. The van der Waals surface area contributed by atoms with Gasteiger partial charge in [-0.2, -0.15) is 0 Å². The highest BCUT2D eigenvalue weighted by atomic mass is 16.5. The van der Waals surface area contributed by atoms with Crippen molar-refractivity contribution in [2.24, 2.45) is 0 Å². The molecule has 6 heteroatoms. The minimum absolute atomic E-state index is 0.0202. The Balaban J connectivity index is 1.34. The Kier molecular flexibility index (Phi) is 6.40. The van der Waals surface area contributed by atoms with E-state index in [2.05, 4.69) is 34.5 Å². The van der Waals surface area contributed by atoms with Gasteiger partial charge in [-0.05, 0) is 66.1 Å². The van der Waals surface area contributed by atoms with Gasteiger partial charge >= 0.3 is 0 Å². The summed E-state index contributed by atoms with van der Waals surface area (Å²) < 4.78 is 5.46. The molecule has 0 aliphatic carbocycles. The summed E-state index contributed by atoms with van der Waals surface area (Å²) in [6, 6.07) is 23.2. The van der Waals surface area contributed by atoms with Crippen molar-refractivity contribution in [2.75, 3.05) is 37.5 Å². The molecule has 2 amide bonds. The summed E-state index contributed by atoms with van der Waals surface area (Å²) in [5, 5.41) is 2.90. The molecule has 0 saturated carbocycles. The Bertz CT molecular complexity index is 1090. The first-order valence-electron chi connectivity index (χ1n) is 10.7. The van der Waals surface area contributed by atoms with Crippen LogP contribution in [0.3, 0.4) is 0 Å². The van der Waals surface area contributed by atoms with Crippen LogP contribution < -0.4 is 15.0 Å². The lowest BCUT2D eigenvalue weighted by atomic mass is 9.99. The van der Waals surface area contributed by atoms with Crippen LogP contribution in [0, 0.1) is 0 Å². The normalized spacial score (nSPS) is 12.6. The molecule has 0 saturated heterocycles. The molecule has 0 fully saturated rings. The van der Waals surface area contributed by atoms with Gasteiger partial charge in [0.25, 0.3) is 11.8 Å². The Morgan fingerprint density at radius 1 is 0.938 bits per heavy atom. The standard InChI is InChI=1S/C26H27N3O3/c1-28(2)25(30)18-32-24-13-9-22(10-14-24)27-26(31)20-7-11-23(12-8-20)29-16-15-19-5-3-4-6-21(19)17-29/h3-14H,15-18H2,1-2H3,(H,27,31). The highest BCUT2D eigenvalue weighted by Crippen LogP contribution is 2.25. The van der Waals surface area contributed by atoms with Crippen molar-refractivity contribution < 1.29 is 14.3 Å². The van der Waals surface area contributed by atoms with Crippen LogP contribution in [-0.4, -0.2) is 44.0 Å². The van der Waals surface area contributed by atoms with Crippen molar-refractivity contribution in [1.29, 1.82) is 0 Å². The van der Waals surface area contributed by atoms with Crippen LogP contribution in [0.15, 0.2) is 72.8 Å². The third-order valence-corrected chi connectivity index (χ3v) is 5.60. The van der Waals surface area contributed by atoms with E-state index in [1.54, 1.807) is 38.4 Å². The van der Waals surface area contributed by atoms with Gasteiger partial charge in [-0.15, -0.1) is 0 Å². The minimum atomic E-state index is -0.169. The van der Waals surface area contributed by atoms with Crippen molar-refractivity contribution in [3.05, 3.63) is 89.5 Å². The smallest absolute Gasteiger partial charge is 0.259 e. The zero-order chi connectivity index (χ0) is 22.5. The largest absolute Gasteiger partial charge is 0.484 e. The predicted octanol–water partition coefficient (Wildman–Crippen LogP) is 3.97. The maximum absolute atomic E-state index is 12.6. The minimum Gasteiger partial charge on any atom is -0.484 e. The molecule has 3 aromatic carbocycles. The number of ether oxygens (including phenoxy) is 1. The fourth-order valence-electron chi connectivity index (χ4n) is 3.65. The zero-order valence-electron chi connectivity index (χ0n) is 18.4. The van der Waals surface area contributed by atoms with Gasteiger partial charge in [0.05, 0.1) is 0 Å². The van der Waals surface area contributed by atoms with Crippen LogP contribution in [0.4, 0.5) is 11.4 Å². The molecular formula is C26H27N3O3. The van der Waals surface area contributed by atoms with Gasteiger partial charge in [0.1, 0.15) is 5.75 Å². The Morgan fingerprint density at radius 3 is 2.31 bits per heavy atom. The lowest BCUT2D eigenvalue weighted by Crippen LogP contribution is -2.30. The molecule has 0 spiro atoms. The summed E-state index contributed by atoms with van der Waals surface area (Å²) in [5.41, 5.74) is 5.16. The molecule has 6 nitrogen and oxygen atoms in total. The van der Waals surface area contributed by atoms with Crippen LogP contribution in [0.1, 0.15) is 21.5 Å². The summed E-state index contributed by atoms with van der Waals surface area (Å²) in [6.45, 7) is 1.83. The number of nitrogens with one attached hydrogen (secondary N) is 1. The van der Waals surface area contributed by atoms with Crippen LogP contribution >= 0.6 is 0 Å². The Hall–Kier alpha value is -3.80. The van der Waals surface area contributed by atoms with E-state index in [0.717, 1.165) is 25.2 Å². The lowest BCUT2D eigenvalue weighted by Gasteiger charge is -2.30. The fraction of sp³-hybridized carbons (Fsp3) is 0.231. The van der Waals surface area contributed by atoms with E-state index in [4.69, 9.17) is 4.74 Å². The fourth-order valence-corrected chi connectivity index (χ4v) is 3.65. The number of amides is 2. The number of carbonyl (C=O) groups excluding carboxylic acids is 2. The van der Waals surface area contributed by atoms with Crippen molar-refractivity contribution in [1.82, 2.24) is 4.90 Å². The quantitative estimate of drug-likeness (QED) is 0.644. The van der Waals surface area contributed by atoms with E-state index in [-0.39, 0.29) is 18.4 Å². The maximum atomic E-state index is 12.6. The number of rotatable bonds is 6. The zero-order valence-corrected chi connectivity index (χ0v) is 18.4. The molecule has 164 valence electrons. The van der Waals surface area contributed by atoms with E-state index < -0.39 is 0 Å². The number of hydrogen-bond acceptors (Lipinski definition) is 4. The molecule has 0 unspecified atom stereocenters. The van der Waals surface area contributed by atoms with Gasteiger partial charge in [0.2, 0.25) is 0 Å². The molecule has 0 aromatic heterocycles. The first-order chi connectivity index (χ1) is 15.5. The Morgan fingerprint density at radius 2 is 1.62 bits per heavy atom. The molecule has 32 heavy (non-hydrogen) atoms. The van der Waals surface area contributed by atoms with Gasteiger partial charge in [-0.3, -0.25) is 9.59 Å². The van der Waals surface area contributed by atoms with E-state index in [9.17, 15) is 9.59 Å². The number of hydrogen-bond donors (Lipinski definition) is 1. The van der Waals surface area contributed by atoms with Crippen LogP contribution in [0.25, 0.3) is 0 Å². The molecule has 0 radical (unpaired) electrons. The second-order valence-electron chi connectivity index (χ2n) is 8.04. The summed E-state index contributed by atoms with van der Waals surface area (Å²) in [5.74, 6) is 0.294. The third-order valence-electron chi connectivity index (χ3n) is 5.60. The average molecular weight is 430 g/mol. The molecule has 3 aromatic rings. The number of nitrogens with zero attached hydrogens (tertiary/aromatic N) is 2. The topological polar surface area (TPSA) is 61.9 Å². The average Bonchev–Trinajstić information content (AvgIpc) is 2.83. The highest BCUT2D eigenvalue weighted by Gasteiger charge is 2.16. The maximum Gasteiger partial charge on any atom is 0.259 e. The number of anilines is 2. The second kappa shape index (κ2) is 9.56. The van der Waals surface area contributed by atoms with Gasteiger partial charge < -0.3 is 19.9 Å². The predicted molar refractivity (Wildman–Crippen MR) is 126 cm³/mol. The van der Waals surface area contributed by atoms with Gasteiger partial charge in [0, 0.05) is 44.1 Å². The van der Waals surface area contributed by atoms with Crippen molar-refractivity contribution >= 4 is 23.2 Å². The summed E-state index contributed by atoms with van der Waals surface area (Å²) in [6.07, 6.45) is 1.03. The summed E-state index contributed by atoms with van der Waals surface area (Å²) >= 11 is 0. The molecule has 1 aliphatic heterocycles. The van der Waals surface area contributed by atoms with E-state index >= 15 is 0 Å². The summed E-state index contributed by atoms with van der Waals surface area (Å²) in [4.78, 5) is 28.1. The van der Waals surface area contributed by atoms with E-state index in [1.165, 1.54) is 16.0 Å². The van der Waals surface area contributed by atoms with Crippen molar-refractivity contribution in [3.63, 3.8) is 0 Å². The molecule has 1 N–H and O–H groups in total. The first-order valence-corrected chi connectivity index (χ1v) is 10.7.